The summed E-state index contributed by atoms with van der Waals surface area (Å²) < 4.78 is 41.4. The van der Waals surface area contributed by atoms with Crippen LogP contribution >= 0.6 is 24.0 Å². The molecule has 2 N–H and O–H groups in total. The molecule has 0 unspecified atom stereocenters. The molecule has 0 atom stereocenters. The summed E-state index contributed by atoms with van der Waals surface area (Å²) in [6.07, 6.45) is 0. The third kappa shape index (κ3) is 6.63. The fourth-order valence-corrected chi connectivity index (χ4v) is 5.12. The van der Waals surface area contributed by atoms with Gasteiger partial charge in [0.15, 0.2) is 5.96 Å². The van der Waals surface area contributed by atoms with Crippen molar-refractivity contribution in [3.8, 4) is 0 Å². The van der Waals surface area contributed by atoms with Gasteiger partial charge in [0.2, 0.25) is 10.0 Å². The zero-order valence-corrected chi connectivity index (χ0v) is 21.8. The van der Waals surface area contributed by atoms with Gasteiger partial charge in [0, 0.05) is 46.3 Å². The lowest BCUT2D eigenvalue weighted by Crippen LogP contribution is -2.47. The smallest absolute Gasteiger partial charge is 0.243 e. The van der Waals surface area contributed by atoms with Crippen LogP contribution in [0.2, 0.25) is 0 Å². The van der Waals surface area contributed by atoms with Crippen LogP contribution in [0, 0.1) is 12.7 Å². The number of likely N-dealkylation sites (N-methyl/N-ethyl adjacent to an activating group) is 1. The van der Waals surface area contributed by atoms with Gasteiger partial charge in [-0.2, -0.15) is 4.31 Å². The monoisotopic (exact) mass is 575 g/mol. The van der Waals surface area contributed by atoms with Crippen molar-refractivity contribution in [1.29, 1.82) is 0 Å². The Morgan fingerprint density at radius 3 is 2.38 bits per heavy atom. The summed E-state index contributed by atoms with van der Waals surface area (Å²) in [5, 5.41) is 6.36. The van der Waals surface area contributed by atoms with Gasteiger partial charge >= 0.3 is 0 Å². The number of rotatable bonds is 6. The molecule has 1 aliphatic rings. The van der Waals surface area contributed by atoms with Crippen LogP contribution < -0.4 is 10.6 Å². The molecular weight excluding hydrogens is 544 g/mol. The Labute approximate surface area is 207 Å². The van der Waals surface area contributed by atoms with Gasteiger partial charge < -0.3 is 15.5 Å². The molecule has 3 rings (SSSR count). The van der Waals surface area contributed by atoms with Crippen LogP contribution in [-0.2, 0) is 23.1 Å². The minimum atomic E-state index is -3.56. The standard InChI is InChI=1S/C22H30FN5O2S.HI/c1-17-14-18(8-9-20(17)23)15-25-22(24-2)26-16-19-6-4-5-7-21(19)31(29,30)28-12-10-27(3)11-13-28;/h4-9,14H,10-13,15-16H2,1-3H3,(H2,24,25,26);1H. The number of aliphatic imine (C=N–C) groups is 1. The topological polar surface area (TPSA) is 77.0 Å². The summed E-state index contributed by atoms with van der Waals surface area (Å²) in [6, 6.07) is 12.0. The van der Waals surface area contributed by atoms with Gasteiger partial charge in [0.05, 0.1) is 4.90 Å². The molecule has 0 bridgehead atoms. The van der Waals surface area contributed by atoms with Crippen LogP contribution in [0.15, 0.2) is 52.4 Å². The first-order chi connectivity index (χ1) is 14.8. The van der Waals surface area contributed by atoms with E-state index in [-0.39, 0.29) is 29.8 Å². The van der Waals surface area contributed by atoms with Crippen LogP contribution in [0.1, 0.15) is 16.7 Å². The maximum Gasteiger partial charge on any atom is 0.243 e. The van der Waals surface area contributed by atoms with Gasteiger partial charge in [0.1, 0.15) is 5.82 Å². The molecule has 10 heteroatoms. The summed E-state index contributed by atoms with van der Waals surface area (Å²) in [6.45, 7) is 4.93. The molecule has 1 heterocycles. The average Bonchev–Trinajstić information content (AvgIpc) is 2.76. The first kappa shape index (κ1) is 26.5. The van der Waals surface area contributed by atoms with Gasteiger partial charge in [0.25, 0.3) is 0 Å². The molecule has 0 saturated carbocycles. The van der Waals surface area contributed by atoms with E-state index in [1.165, 1.54) is 6.07 Å². The molecular formula is C22H31FIN5O2S. The maximum absolute atomic E-state index is 13.4. The van der Waals surface area contributed by atoms with Crippen molar-refractivity contribution in [2.24, 2.45) is 4.99 Å². The number of hydrogen-bond donors (Lipinski definition) is 2. The van der Waals surface area contributed by atoms with Crippen LogP contribution in [0.25, 0.3) is 0 Å². The quantitative estimate of drug-likeness (QED) is 0.315. The lowest BCUT2D eigenvalue weighted by Gasteiger charge is -2.32. The first-order valence-electron chi connectivity index (χ1n) is 10.3. The molecule has 0 spiro atoms. The van der Waals surface area contributed by atoms with E-state index in [0.29, 0.717) is 48.2 Å². The highest BCUT2D eigenvalue weighted by Gasteiger charge is 2.29. The second-order valence-electron chi connectivity index (χ2n) is 7.68. The number of aryl methyl sites for hydroxylation is 1. The number of guanidine groups is 1. The van der Waals surface area contributed by atoms with E-state index in [9.17, 15) is 12.8 Å². The van der Waals surface area contributed by atoms with Crippen molar-refractivity contribution in [3.63, 3.8) is 0 Å². The molecule has 32 heavy (non-hydrogen) atoms. The Bertz CT molecular complexity index is 1040. The van der Waals surface area contributed by atoms with Crippen molar-refractivity contribution in [2.75, 3.05) is 40.3 Å². The Morgan fingerprint density at radius 1 is 1.06 bits per heavy atom. The van der Waals surface area contributed by atoms with Crippen molar-refractivity contribution in [3.05, 3.63) is 65.0 Å². The predicted octanol–water partition coefficient (Wildman–Crippen LogP) is 2.55. The maximum atomic E-state index is 13.4. The molecule has 0 aliphatic carbocycles. The number of sulfonamides is 1. The number of halogens is 2. The Balaban J connectivity index is 0.00000363. The van der Waals surface area contributed by atoms with E-state index < -0.39 is 10.0 Å². The van der Waals surface area contributed by atoms with Gasteiger partial charge in [-0.25, -0.2) is 12.8 Å². The Kier molecular flexibility index (Phi) is 9.86. The highest BCUT2D eigenvalue weighted by atomic mass is 127. The number of nitrogens with one attached hydrogen (secondary N) is 2. The first-order valence-corrected chi connectivity index (χ1v) is 11.7. The van der Waals surface area contributed by atoms with Crippen LogP contribution in [0.5, 0.6) is 0 Å². The average molecular weight is 575 g/mol. The van der Waals surface area contributed by atoms with E-state index >= 15 is 0 Å². The van der Waals surface area contributed by atoms with Gasteiger partial charge in [-0.1, -0.05) is 30.3 Å². The van der Waals surface area contributed by atoms with Crippen molar-refractivity contribution in [2.45, 2.75) is 24.9 Å². The van der Waals surface area contributed by atoms with Crippen LogP contribution in [0.3, 0.4) is 0 Å². The van der Waals surface area contributed by atoms with Crippen molar-refractivity contribution in [1.82, 2.24) is 19.8 Å². The summed E-state index contributed by atoms with van der Waals surface area (Å²) in [5.41, 5.74) is 2.20. The number of benzene rings is 2. The third-order valence-electron chi connectivity index (χ3n) is 5.40. The predicted molar refractivity (Wildman–Crippen MR) is 136 cm³/mol. The highest BCUT2D eigenvalue weighted by molar-refractivity contribution is 14.0. The fourth-order valence-electron chi connectivity index (χ4n) is 3.47. The SMILES string of the molecule is CN=C(NCc1ccc(F)c(C)c1)NCc1ccccc1S(=O)(=O)N1CCN(C)CC1.I. The summed E-state index contributed by atoms with van der Waals surface area (Å²) >= 11 is 0. The van der Waals surface area contributed by atoms with Crippen LogP contribution in [0.4, 0.5) is 4.39 Å². The summed E-state index contributed by atoms with van der Waals surface area (Å²) in [7, 11) is 0.0807. The number of piperazine rings is 1. The zero-order valence-electron chi connectivity index (χ0n) is 18.6. The third-order valence-corrected chi connectivity index (χ3v) is 7.40. The molecule has 0 aromatic heterocycles. The van der Waals surface area contributed by atoms with E-state index in [0.717, 1.165) is 18.7 Å². The Hall–Kier alpha value is -1.76. The molecule has 0 radical (unpaired) electrons. The second-order valence-corrected chi connectivity index (χ2v) is 9.58. The lowest BCUT2D eigenvalue weighted by atomic mass is 10.1. The minimum Gasteiger partial charge on any atom is -0.352 e. The normalized spacial score (nSPS) is 15.8. The molecule has 7 nitrogen and oxygen atoms in total. The summed E-state index contributed by atoms with van der Waals surface area (Å²) in [5.74, 6) is 0.304. The van der Waals surface area contributed by atoms with E-state index in [1.807, 2.05) is 19.2 Å². The molecule has 1 saturated heterocycles. The van der Waals surface area contributed by atoms with Gasteiger partial charge in [-0.15, -0.1) is 24.0 Å². The number of hydrogen-bond acceptors (Lipinski definition) is 4. The van der Waals surface area contributed by atoms with E-state index in [1.54, 1.807) is 42.5 Å². The van der Waals surface area contributed by atoms with Crippen molar-refractivity contribution >= 4 is 40.0 Å². The highest BCUT2D eigenvalue weighted by Crippen LogP contribution is 2.21. The van der Waals surface area contributed by atoms with E-state index in [2.05, 4.69) is 20.5 Å². The number of nitrogens with zero attached hydrogens (tertiary/aromatic N) is 3. The fraction of sp³-hybridized carbons (Fsp3) is 0.409. The molecule has 1 aliphatic heterocycles. The molecule has 1 fully saturated rings. The molecule has 0 amide bonds. The zero-order chi connectivity index (χ0) is 22.4. The molecule has 2 aromatic carbocycles. The van der Waals surface area contributed by atoms with E-state index in [4.69, 9.17) is 0 Å². The van der Waals surface area contributed by atoms with Crippen LogP contribution in [-0.4, -0.2) is 63.9 Å². The largest absolute Gasteiger partial charge is 0.352 e. The minimum absolute atomic E-state index is 0. The lowest BCUT2D eigenvalue weighted by molar-refractivity contribution is 0.222. The van der Waals surface area contributed by atoms with Crippen molar-refractivity contribution < 1.29 is 12.8 Å². The second kappa shape index (κ2) is 11.9. The Morgan fingerprint density at radius 2 is 1.72 bits per heavy atom. The van der Waals surface area contributed by atoms with Gasteiger partial charge in [-0.3, -0.25) is 4.99 Å². The molecule has 176 valence electrons. The van der Waals surface area contributed by atoms with Gasteiger partial charge in [-0.05, 0) is 42.8 Å². The summed E-state index contributed by atoms with van der Waals surface area (Å²) in [4.78, 5) is 6.64. The molecule has 2 aromatic rings.